The fraction of sp³-hybridized carbons (Fsp3) is 0.733. The summed E-state index contributed by atoms with van der Waals surface area (Å²) in [5.41, 5.74) is -6.17. The number of rotatable bonds is 5. The molecule has 11 atom stereocenters. The highest BCUT2D eigenvalue weighted by Crippen LogP contribution is 2.78. The third kappa shape index (κ3) is 3.25. The maximum Gasteiger partial charge on any atom is 0.335 e. The number of methoxy groups -OCH3 is 1. The second-order valence-electron chi connectivity index (χ2n) is 13.6. The van der Waals surface area contributed by atoms with Crippen molar-refractivity contribution in [2.24, 2.45) is 34.0 Å². The minimum atomic E-state index is -2.28. The molecule has 2 unspecified atom stereocenters. The van der Waals surface area contributed by atoms with E-state index in [4.69, 9.17) is 23.4 Å². The summed E-state index contributed by atoms with van der Waals surface area (Å²) in [5, 5.41) is 24.0. The monoisotopic (exact) mass is 574 g/mol. The molecule has 6 rings (SSSR count). The molecule has 3 saturated carbocycles. The molecule has 3 heterocycles. The quantitative estimate of drug-likeness (QED) is 0.301. The van der Waals surface area contributed by atoms with Crippen LogP contribution in [0.1, 0.15) is 72.0 Å². The molecule has 11 nitrogen and oxygen atoms in total. The molecule has 5 fully saturated rings. The zero-order valence-electron chi connectivity index (χ0n) is 24.2. The van der Waals surface area contributed by atoms with Crippen molar-refractivity contribution in [3.8, 4) is 0 Å². The molecule has 224 valence electrons. The lowest BCUT2D eigenvalue weighted by atomic mass is 9.36. The molecule has 1 spiro atoms. The Hall–Kier alpha value is -2.76. The van der Waals surface area contributed by atoms with Gasteiger partial charge in [-0.3, -0.25) is 14.4 Å². The summed E-state index contributed by atoms with van der Waals surface area (Å²) in [6, 6.07) is 1.75. The zero-order chi connectivity index (χ0) is 29.9. The van der Waals surface area contributed by atoms with Gasteiger partial charge in [-0.1, -0.05) is 34.6 Å². The smallest absolute Gasteiger partial charge is 0.335 e. The third-order valence-electron chi connectivity index (χ3n) is 11.4. The van der Waals surface area contributed by atoms with Crippen molar-refractivity contribution in [3.05, 3.63) is 24.2 Å². The van der Waals surface area contributed by atoms with Gasteiger partial charge in [-0.15, -0.1) is 0 Å². The van der Waals surface area contributed by atoms with Gasteiger partial charge in [0, 0.05) is 46.0 Å². The Bertz CT molecular complexity index is 1300. The molecule has 2 N–H and O–H groups in total. The van der Waals surface area contributed by atoms with Crippen LogP contribution in [0.2, 0.25) is 0 Å². The number of hydrogen-bond donors (Lipinski definition) is 2. The maximum atomic E-state index is 14.6. The van der Waals surface area contributed by atoms with Crippen LogP contribution in [-0.4, -0.2) is 70.5 Å². The Morgan fingerprint density at radius 2 is 1.88 bits per heavy atom. The molecule has 11 heteroatoms. The summed E-state index contributed by atoms with van der Waals surface area (Å²) < 4.78 is 28.5. The third-order valence-corrected chi connectivity index (χ3v) is 11.4. The van der Waals surface area contributed by atoms with Gasteiger partial charge in [0.05, 0.1) is 26.1 Å². The van der Waals surface area contributed by atoms with Crippen LogP contribution in [0.15, 0.2) is 23.0 Å². The normalized spacial score (nSPS) is 46.2. The number of hydrogen-bond acceptors (Lipinski definition) is 11. The maximum absolute atomic E-state index is 14.6. The standard InChI is InChI=1S/C30H38O11/c1-7-17(31)40-24-26(2,3)20(19(33)22(34)37-6)28(5)15-8-10-27(4)16(30(15)25(41-30)29(24,36)23(28)35)12-18(32)39-21(27)14-9-11-38-13-14/h9,11,13,15-16,19-21,24-25,33,36H,7-8,10,12H2,1-6H3/t15?,16?,19-,20+,21+,24+,25-,27-,28-,29+,30-/m1/s1. The number of ketones is 1. The number of aliphatic hydroxyl groups excluding tert-OH is 1. The highest BCUT2D eigenvalue weighted by atomic mass is 16.6. The van der Waals surface area contributed by atoms with Gasteiger partial charge >= 0.3 is 17.9 Å². The summed E-state index contributed by atoms with van der Waals surface area (Å²) in [7, 11) is 1.15. The van der Waals surface area contributed by atoms with Crippen LogP contribution in [0.4, 0.5) is 0 Å². The number of ether oxygens (including phenoxy) is 4. The van der Waals surface area contributed by atoms with Crippen molar-refractivity contribution < 1.29 is 52.8 Å². The molecular formula is C30H38O11. The van der Waals surface area contributed by atoms with Gasteiger partial charge in [-0.25, -0.2) is 4.79 Å². The highest BCUT2D eigenvalue weighted by molar-refractivity contribution is 5.99. The van der Waals surface area contributed by atoms with Crippen molar-refractivity contribution in [2.45, 2.75) is 95.9 Å². The van der Waals surface area contributed by atoms with E-state index in [-0.39, 0.29) is 12.8 Å². The summed E-state index contributed by atoms with van der Waals surface area (Å²) in [6.07, 6.45) is -0.897. The van der Waals surface area contributed by atoms with Crippen LogP contribution in [0.25, 0.3) is 0 Å². The van der Waals surface area contributed by atoms with Crippen LogP contribution in [0.3, 0.4) is 0 Å². The molecular weight excluding hydrogens is 536 g/mol. The summed E-state index contributed by atoms with van der Waals surface area (Å²) >= 11 is 0. The number of fused-ring (bicyclic) bond motifs is 5. The molecule has 41 heavy (non-hydrogen) atoms. The van der Waals surface area contributed by atoms with E-state index < -0.39 is 93.3 Å². The van der Waals surface area contributed by atoms with Crippen LogP contribution >= 0.6 is 0 Å². The predicted octanol–water partition coefficient (Wildman–Crippen LogP) is 2.27. The minimum absolute atomic E-state index is 0.00870. The second-order valence-corrected chi connectivity index (χ2v) is 13.6. The first-order valence-electron chi connectivity index (χ1n) is 14.3. The van der Waals surface area contributed by atoms with Crippen LogP contribution in [-0.2, 0) is 38.1 Å². The van der Waals surface area contributed by atoms with E-state index in [1.165, 1.54) is 6.26 Å². The van der Waals surface area contributed by atoms with Gasteiger partial charge in [-0.2, -0.15) is 0 Å². The molecule has 2 aliphatic heterocycles. The number of carbonyl (C=O) groups is 4. The highest BCUT2D eigenvalue weighted by Gasteiger charge is 2.91. The SMILES string of the molecule is CCC(=O)O[C@H]1C(C)(C)[C@H]([C@@H](O)C(=O)OC)[C@]2(C)C(=O)[C@@]1(O)[C@H]1O[C@]13C1CC(=O)O[C@@H](c4ccoc4)[C@]1(C)CCC32. The first kappa shape index (κ1) is 28.4. The van der Waals surface area contributed by atoms with Crippen molar-refractivity contribution in [1.29, 1.82) is 0 Å². The largest absolute Gasteiger partial charge is 0.472 e. The van der Waals surface area contributed by atoms with E-state index >= 15 is 0 Å². The summed E-state index contributed by atoms with van der Waals surface area (Å²) in [6.45, 7) is 8.64. The average Bonchev–Trinajstić information content (AvgIpc) is 3.41. The van der Waals surface area contributed by atoms with E-state index in [2.05, 4.69) is 0 Å². The number of epoxide rings is 1. The fourth-order valence-corrected chi connectivity index (χ4v) is 9.85. The van der Waals surface area contributed by atoms with Gasteiger partial charge in [0.25, 0.3) is 0 Å². The molecule has 3 aliphatic carbocycles. The molecule has 5 aliphatic rings. The number of Topliss-reactive ketones (excluding diaryl/α,β-unsaturated/α-hetero) is 1. The van der Waals surface area contributed by atoms with E-state index in [1.807, 2.05) is 6.92 Å². The van der Waals surface area contributed by atoms with Gasteiger partial charge < -0.3 is 33.6 Å². The minimum Gasteiger partial charge on any atom is -0.472 e. The van der Waals surface area contributed by atoms with Crippen LogP contribution < -0.4 is 0 Å². The van der Waals surface area contributed by atoms with Gasteiger partial charge in [0.1, 0.15) is 23.9 Å². The lowest BCUT2D eigenvalue weighted by Gasteiger charge is -2.67. The zero-order valence-corrected chi connectivity index (χ0v) is 24.2. The second kappa shape index (κ2) is 8.64. The molecule has 0 aromatic carbocycles. The molecule has 2 saturated heterocycles. The number of aliphatic hydroxyl groups is 2. The van der Waals surface area contributed by atoms with E-state index in [0.717, 1.165) is 7.11 Å². The molecule has 0 amide bonds. The van der Waals surface area contributed by atoms with Crippen molar-refractivity contribution >= 4 is 23.7 Å². The average molecular weight is 575 g/mol. The number of carbonyl (C=O) groups excluding carboxylic acids is 4. The first-order valence-corrected chi connectivity index (χ1v) is 14.3. The van der Waals surface area contributed by atoms with Gasteiger partial charge in [-0.05, 0) is 18.9 Å². The summed E-state index contributed by atoms with van der Waals surface area (Å²) in [4.78, 5) is 53.3. The van der Waals surface area contributed by atoms with Crippen molar-refractivity contribution in [1.82, 2.24) is 0 Å². The Labute approximate surface area is 237 Å². The van der Waals surface area contributed by atoms with Crippen LogP contribution in [0.5, 0.6) is 0 Å². The van der Waals surface area contributed by atoms with Gasteiger partial charge in [0.2, 0.25) is 0 Å². The number of furan rings is 1. The fourth-order valence-electron chi connectivity index (χ4n) is 9.85. The molecule has 1 aromatic rings. The molecule has 2 bridgehead atoms. The van der Waals surface area contributed by atoms with Crippen LogP contribution in [0, 0.1) is 34.0 Å². The number of esters is 3. The molecule has 1 aromatic heterocycles. The Kier molecular flexibility index (Phi) is 5.98. The first-order chi connectivity index (χ1) is 19.2. The Morgan fingerprint density at radius 1 is 1.17 bits per heavy atom. The summed E-state index contributed by atoms with van der Waals surface area (Å²) in [5.74, 6) is -4.82. The van der Waals surface area contributed by atoms with Gasteiger partial charge in [0.15, 0.2) is 17.5 Å². The van der Waals surface area contributed by atoms with E-state index in [9.17, 15) is 29.4 Å². The van der Waals surface area contributed by atoms with E-state index in [1.54, 1.807) is 40.0 Å². The lowest BCUT2D eigenvalue weighted by molar-refractivity contribution is -0.260. The Balaban J connectivity index is 1.55. The topological polar surface area (TPSA) is 162 Å². The van der Waals surface area contributed by atoms with Crippen molar-refractivity contribution in [3.63, 3.8) is 0 Å². The number of cyclic esters (lactones) is 1. The van der Waals surface area contributed by atoms with E-state index in [0.29, 0.717) is 18.4 Å². The predicted molar refractivity (Wildman–Crippen MR) is 138 cm³/mol. The van der Waals surface area contributed by atoms with Crippen molar-refractivity contribution in [2.75, 3.05) is 7.11 Å². The molecule has 0 radical (unpaired) electrons. The Morgan fingerprint density at radius 3 is 2.49 bits per heavy atom. The lowest BCUT2D eigenvalue weighted by Crippen LogP contribution is -2.81.